The number of hydrogen-bond acceptors (Lipinski definition) is 16. The van der Waals surface area contributed by atoms with E-state index in [4.69, 9.17) is 11.5 Å². The Labute approximate surface area is 656 Å². The standard InChI is InChI=1S/C81H109N15O15S/c1-11-13-21-58-72(102)88-60(35-46(5)6)81(111)96-33-18-24-64(96)74(104)89-61(36-48-25-29-52(97)30-26-48)79(109)94(9)66(38-50-41-84-56-22-16-14-19-54(50)56)76(106)87-59(34-45(3)4)73(103)92-70(47(7)12-2)78(108)90-62(40-68(82)99)80(110)95(10)67(39-51-42-85-57-23-17-15-20-55(51)57)77(107)91-63(71(83)101)43-112-44-69(100)93(8)65(75(105)86-58)37-49-27-31-53(98)32-28-49/h14-17,19-20,22-23,25-32,41-42,45-47,58-67,70,84-85,97-98H,11-13,18,21,24,33-40,43-44H2,1-10H3,(H2,82,99)(H2,83,101)(H,86,105)(H,87,106)(H,88,102)(H,89,104)(H,90,108)(H,91,107)(H,92,103)/t47-,58-,59-,60+,61-,62-,63-,64-,65-,66-,67-,70-/m0/s1. The number of aromatic hydroxyl groups is 2. The lowest BCUT2D eigenvalue weighted by atomic mass is 9.95. The molecule has 2 fully saturated rings. The Morgan fingerprint density at radius 2 is 0.991 bits per heavy atom. The van der Waals surface area contributed by atoms with Crippen molar-refractivity contribution in [2.24, 2.45) is 29.2 Å². The Balaban J connectivity index is 1.22. The van der Waals surface area contributed by atoms with Gasteiger partial charge >= 0.3 is 0 Å². The van der Waals surface area contributed by atoms with Crippen molar-refractivity contribution in [3.63, 3.8) is 0 Å². The summed E-state index contributed by atoms with van der Waals surface area (Å²) in [5.74, 6) is -12.9. The van der Waals surface area contributed by atoms with E-state index in [1.807, 2.05) is 39.0 Å². The van der Waals surface area contributed by atoms with Crippen LogP contribution >= 0.6 is 11.8 Å². The molecule has 2 aliphatic heterocycles. The van der Waals surface area contributed by atoms with Gasteiger partial charge in [-0.05, 0) is 109 Å². The van der Waals surface area contributed by atoms with Gasteiger partial charge < -0.3 is 88.5 Å². The fraction of sp³-hybridized carbons (Fsp3) is 0.494. The summed E-state index contributed by atoms with van der Waals surface area (Å²) >= 11 is 0.883. The molecular weight excluding hydrogens is 1460 g/mol. The van der Waals surface area contributed by atoms with Crippen LogP contribution in [0, 0.1) is 17.8 Å². The molecule has 15 N–H and O–H groups in total. The number of benzene rings is 4. The highest BCUT2D eigenvalue weighted by molar-refractivity contribution is 8.00. The summed E-state index contributed by atoms with van der Waals surface area (Å²) in [5.41, 5.74) is 15.3. The molecule has 604 valence electrons. The zero-order valence-corrected chi connectivity index (χ0v) is 66.2. The van der Waals surface area contributed by atoms with Gasteiger partial charge in [-0.3, -0.25) is 62.3 Å². The number of fused-ring (bicyclic) bond motifs is 3. The molecular formula is C81H109N15O15S. The van der Waals surface area contributed by atoms with Crippen molar-refractivity contribution >= 4 is 110 Å². The third-order valence-electron chi connectivity index (χ3n) is 20.9. The predicted molar refractivity (Wildman–Crippen MR) is 424 cm³/mol. The van der Waals surface area contributed by atoms with Gasteiger partial charge in [-0.1, -0.05) is 128 Å². The summed E-state index contributed by atoms with van der Waals surface area (Å²) in [7, 11) is 4.03. The molecule has 0 spiro atoms. The van der Waals surface area contributed by atoms with Crippen molar-refractivity contribution in [3.8, 4) is 11.5 Å². The van der Waals surface area contributed by atoms with E-state index in [0.717, 1.165) is 16.7 Å². The van der Waals surface area contributed by atoms with Crippen LogP contribution in [0.4, 0.5) is 0 Å². The summed E-state index contributed by atoms with van der Waals surface area (Å²) in [5, 5.41) is 41.7. The fourth-order valence-corrected chi connectivity index (χ4v) is 15.2. The highest BCUT2D eigenvalue weighted by atomic mass is 32.2. The van der Waals surface area contributed by atoms with Crippen molar-refractivity contribution in [1.29, 1.82) is 0 Å². The summed E-state index contributed by atoms with van der Waals surface area (Å²) in [4.78, 5) is 204. The van der Waals surface area contributed by atoms with Gasteiger partial charge in [0.2, 0.25) is 76.8 Å². The second-order valence-electron chi connectivity index (χ2n) is 30.2. The summed E-state index contributed by atoms with van der Waals surface area (Å²) in [6.07, 6.45) is 3.73. The maximum Gasteiger partial charge on any atom is 0.246 e. The molecule has 0 unspecified atom stereocenters. The molecule has 8 rings (SSSR count). The number of thioether (sulfide) groups is 1. The van der Waals surface area contributed by atoms with Crippen molar-refractivity contribution < 1.29 is 72.5 Å². The molecule has 0 radical (unpaired) electrons. The number of para-hydroxylation sites is 2. The van der Waals surface area contributed by atoms with Crippen LogP contribution in [0.1, 0.15) is 129 Å². The Kier molecular flexibility index (Phi) is 31.2. The van der Waals surface area contributed by atoms with Gasteiger partial charge in [-0.15, -0.1) is 11.8 Å². The Morgan fingerprint density at radius 3 is 1.52 bits per heavy atom. The van der Waals surface area contributed by atoms with Gasteiger partial charge in [0.1, 0.15) is 78.0 Å². The van der Waals surface area contributed by atoms with Crippen molar-refractivity contribution in [3.05, 3.63) is 132 Å². The molecule has 31 heteroatoms. The number of rotatable bonds is 20. The van der Waals surface area contributed by atoms with E-state index in [2.05, 4.69) is 47.2 Å². The fourth-order valence-electron chi connectivity index (χ4n) is 14.2. The number of H-pyrrole nitrogens is 2. The zero-order chi connectivity index (χ0) is 81.8. The maximum absolute atomic E-state index is 15.7. The third kappa shape index (κ3) is 23.1. The molecule has 0 bridgehead atoms. The van der Waals surface area contributed by atoms with Crippen LogP contribution in [0.2, 0.25) is 0 Å². The minimum Gasteiger partial charge on any atom is -0.508 e. The third-order valence-corrected chi connectivity index (χ3v) is 21.9. The molecule has 12 atom stereocenters. The normalized spacial score (nSPS) is 23.8. The van der Waals surface area contributed by atoms with E-state index in [-0.39, 0.29) is 93.4 Å². The van der Waals surface area contributed by atoms with E-state index in [1.165, 1.54) is 60.1 Å². The summed E-state index contributed by atoms with van der Waals surface area (Å²) < 4.78 is 0. The number of aromatic amines is 2. The number of carbonyl (C=O) groups excluding carboxylic acids is 13. The highest BCUT2D eigenvalue weighted by Gasteiger charge is 2.44. The van der Waals surface area contributed by atoms with E-state index in [9.17, 15) is 34.2 Å². The molecule has 13 amide bonds. The molecule has 112 heavy (non-hydrogen) atoms. The number of carbonyl (C=O) groups is 13. The van der Waals surface area contributed by atoms with E-state index in [1.54, 1.807) is 94.7 Å². The lowest BCUT2D eigenvalue weighted by Crippen LogP contribution is -2.62. The Bertz CT molecular complexity index is 4340. The van der Waals surface area contributed by atoms with E-state index < -0.39 is 161 Å². The first-order valence-electron chi connectivity index (χ1n) is 38.3. The van der Waals surface area contributed by atoms with Crippen LogP contribution < -0.4 is 48.7 Å². The zero-order valence-electron chi connectivity index (χ0n) is 65.3. The predicted octanol–water partition coefficient (Wildman–Crippen LogP) is 3.63. The van der Waals surface area contributed by atoms with Gasteiger partial charge in [0.25, 0.3) is 0 Å². The van der Waals surface area contributed by atoms with Crippen molar-refractivity contribution in [2.45, 2.75) is 198 Å². The van der Waals surface area contributed by atoms with Gasteiger partial charge in [0.15, 0.2) is 0 Å². The summed E-state index contributed by atoms with van der Waals surface area (Å²) in [6, 6.07) is 10.7. The number of nitrogens with two attached hydrogens (primary N) is 2. The first-order valence-corrected chi connectivity index (χ1v) is 39.5. The summed E-state index contributed by atoms with van der Waals surface area (Å²) in [6.45, 7) is 12.7. The molecule has 4 aromatic carbocycles. The second kappa shape index (κ2) is 40.3. The number of nitrogens with zero attached hydrogens (tertiary/aromatic N) is 4. The minimum atomic E-state index is -1.79. The number of unbranched alkanes of at least 4 members (excludes halogenated alkanes) is 1. The maximum atomic E-state index is 15.7. The number of aromatic nitrogens is 2. The molecule has 2 saturated heterocycles. The lowest BCUT2D eigenvalue weighted by Gasteiger charge is -2.34. The van der Waals surface area contributed by atoms with Gasteiger partial charge in [0.05, 0.1) is 12.2 Å². The van der Waals surface area contributed by atoms with Crippen molar-refractivity contribution in [2.75, 3.05) is 39.2 Å². The first kappa shape index (κ1) is 86.6. The van der Waals surface area contributed by atoms with Crippen LogP contribution in [0.25, 0.3) is 21.8 Å². The average Bonchev–Trinajstić information content (AvgIpc) is 1.57. The number of phenolic OH excluding ortho intramolecular Hbond substituents is 2. The highest BCUT2D eigenvalue weighted by Crippen LogP contribution is 2.27. The molecule has 0 aliphatic carbocycles. The number of hydrogen-bond donors (Lipinski definition) is 13. The number of primary amides is 2. The molecule has 6 aromatic rings. The number of nitrogens with one attached hydrogen (secondary N) is 9. The van der Waals surface area contributed by atoms with Crippen LogP contribution in [0.15, 0.2) is 109 Å². The van der Waals surface area contributed by atoms with Crippen LogP contribution in [-0.4, -0.2) is 222 Å². The number of amides is 13. The second-order valence-corrected chi connectivity index (χ2v) is 31.3. The van der Waals surface area contributed by atoms with Gasteiger partial charge in [-0.2, -0.15) is 0 Å². The van der Waals surface area contributed by atoms with Crippen molar-refractivity contribution in [1.82, 2.24) is 66.8 Å². The number of phenols is 2. The minimum absolute atomic E-state index is 0.0145. The van der Waals surface area contributed by atoms with Gasteiger partial charge in [-0.25, -0.2) is 0 Å². The topological polar surface area (TPSA) is 443 Å². The molecule has 2 aliphatic rings. The smallest absolute Gasteiger partial charge is 0.246 e. The number of likely N-dealkylation sites (N-methyl/N-ethyl adjacent to an activating group) is 3. The SMILES string of the molecule is CCCC[C@@H]1NC(=O)[C@H](Cc2ccc(O)cc2)N(C)C(=O)CSC[C@@H](C(N)=O)NC(=O)[C@H](Cc2c[nH]c3ccccc23)N(C)C(=O)[C@H](CC(N)=O)NC(=O)[C@H]([C@@H](C)CC)NC(=O)[C@H](CC(C)C)NC(=O)[C@H](Cc2c[nH]c3ccccc23)N(C)C(=O)[C@H](Cc2ccc(O)cc2)NC(=O)[C@@H]2CCCN2C(=O)[C@@H](CC(C)C)NC1=O. The molecule has 4 heterocycles. The molecule has 0 saturated carbocycles. The monoisotopic (exact) mass is 1560 g/mol. The average molecular weight is 1560 g/mol. The quantitative estimate of drug-likeness (QED) is 0.0519. The van der Waals surface area contributed by atoms with Crippen LogP contribution in [-0.2, 0) is 88.0 Å². The molecule has 30 nitrogen and oxygen atoms in total. The van der Waals surface area contributed by atoms with Crippen LogP contribution in [0.5, 0.6) is 11.5 Å². The van der Waals surface area contributed by atoms with E-state index >= 15 is 38.4 Å². The van der Waals surface area contributed by atoms with Gasteiger partial charge in [0, 0.05) is 93.3 Å². The Morgan fingerprint density at radius 1 is 0.518 bits per heavy atom. The van der Waals surface area contributed by atoms with E-state index in [0.29, 0.717) is 63.3 Å². The first-order chi connectivity index (χ1) is 53.3. The lowest BCUT2D eigenvalue weighted by molar-refractivity contribution is -0.145. The van der Waals surface area contributed by atoms with Crippen LogP contribution in [0.3, 0.4) is 0 Å². The molecule has 2 aromatic heterocycles. The largest absolute Gasteiger partial charge is 0.508 e. The Hall–Kier alpha value is -11.0.